The number of rotatable bonds is 3. The lowest BCUT2D eigenvalue weighted by atomic mass is 10.3. The highest BCUT2D eigenvalue weighted by Crippen LogP contribution is 2.22. The molecule has 3 N–H and O–H groups in total. The summed E-state index contributed by atoms with van der Waals surface area (Å²) in [6, 6.07) is 6.14. The molecule has 1 aromatic carbocycles. The summed E-state index contributed by atoms with van der Waals surface area (Å²) in [6.45, 7) is 0.489. The summed E-state index contributed by atoms with van der Waals surface area (Å²) < 4.78 is 12.6. The highest BCUT2D eigenvalue weighted by atomic mass is 32.1. The fourth-order valence-corrected chi connectivity index (χ4v) is 1.83. The summed E-state index contributed by atoms with van der Waals surface area (Å²) in [4.78, 5) is 5.15. The van der Waals surface area contributed by atoms with Crippen molar-refractivity contribution in [2.45, 2.75) is 6.54 Å². The van der Waals surface area contributed by atoms with Gasteiger partial charge >= 0.3 is 0 Å². The smallest absolute Gasteiger partial charge is 0.187 e. The van der Waals surface area contributed by atoms with E-state index in [4.69, 9.17) is 5.73 Å². The second-order valence-electron chi connectivity index (χ2n) is 2.97. The molecule has 15 heavy (non-hydrogen) atoms. The highest BCUT2D eigenvalue weighted by molar-refractivity contribution is 7.15. The number of aromatic nitrogens is 1. The van der Waals surface area contributed by atoms with Gasteiger partial charge in [-0.1, -0.05) is 0 Å². The summed E-state index contributed by atoms with van der Waals surface area (Å²) in [6.07, 6.45) is 1.73. The largest absolute Gasteiger partial charge is 0.332 e. The molecule has 78 valence electrons. The van der Waals surface area contributed by atoms with Crippen LogP contribution in [-0.2, 0) is 6.54 Å². The maximum absolute atomic E-state index is 12.6. The second kappa shape index (κ2) is 4.37. The number of benzene rings is 1. The van der Waals surface area contributed by atoms with Crippen LogP contribution in [0.25, 0.3) is 0 Å². The van der Waals surface area contributed by atoms with Crippen LogP contribution in [0.3, 0.4) is 0 Å². The number of nitrogens with two attached hydrogens (primary N) is 1. The Morgan fingerprint density at radius 1 is 1.33 bits per heavy atom. The Kier molecular flexibility index (Phi) is 2.94. The Bertz CT molecular complexity index is 438. The number of hydrogen-bond acceptors (Lipinski definition) is 4. The SMILES string of the molecule is NCc1cnc(Nc2ccc(F)cc2)s1. The minimum atomic E-state index is -0.248. The van der Waals surface area contributed by atoms with Gasteiger partial charge in [0.15, 0.2) is 5.13 Å². The minimum Gasteiger partial charge on any atom is -0.332 e. The molecule has 0 radical (unpaired) electrons. The van der Waals surface area contributed by atoms with Crippen molar-refractivity contribution in [1.29, 1.82) is 0 Å². The monoisotopic (exact) mass is 223 g/mol. The lowest BCUT2D eigenvalue weighted by molar-refractivity contribution is 0.628. The van der Waals surface area contributed by atoms with Crippen molar-refractivity contribution >= 4 is 22.2 Å². The van der Waals surface area contributed by atoms with Crippen molar-refractivity contribution in [3.05, 3.63) is 41.2 Å². The summed E-state index contributed by atoms with van der Waals surface area (Å²) in [5, 5.41) is 3.84. The van der Waals surface area contributed by atoms with Crippen LogP contribution in [0.15, 0.2) is 30.5 Å². The highest BCUT2D eigenvalue weighted by Gasteiger charge is 2.00. The number of nitrogens with one attached hydrogen (secondary N) is 1. The van der Waals surface area contributed by atoms with E-state index < -0.39 is 0 Å². The number of halogens is 1. The number of thiazole rings is 1. The van der Waals surface area contributed by atoms with Crippen molar-refractivity contribution in [3.8, 4) is 0 Å². The summed E-state index contributed by atoms with van der Waals surface area (Å²) >= 11 is 1.49. The molecule has 0 aliphatic heterocycles. The Morgan fingerprint density at radius 3 is 2.67 bits per heavy atom. The quantitative estimate of drug-likeness (QED) is 0.840. The molecule has 0 spiro atoms. The first-order valence-corrected chi connectivity index (χ1v) is 5.27. The molecule has 5 heteroatoms. The van der Waals surface area contributed by atoms with Crippen LogP contribution >= 0.6 is 11.3 Å². The van der Waals surface area contributed by atoms with Gasteiger partial charge in [-0.05, 0) is 24.3 Å². The molecule has 0 aliphatic carbocycles. The maximum atomic E-state index is 12.6. The first kappa shape index (κ1) is 10.1. The molecule has 3 nitrogen and oxygen atoms in total. The summed E-state index contributed by atoms with van der Waals surface area (Å²) in [5.41, 5.74) is 6.28. The molecule has 0 saturated heterocycles. The van der Waals surface area contributed by atoms with E-state index in [1.165, 1.54) is 23.5 Å². The number of anilines is 2. The van der Waals surface area contributed by atoms with Gasteiger partial charge in [0.25, 0.3) is 0 Å². The van der Waals surface area contributed by atoms with Crippen LogP contribution in [-0.4, -0.2) is 4.98 Å². The standard InChI is InChI=1S/C10H10FN3S/c11-7-1-3-8(4-2-7)14-10-13-6-9(5-12)15-10/h1-4,6H,5,12H2,(H,13,14). The molecule has 1 heterocycles. The normalized spacial score (nSPS) is 10.3. The molecule has 2 aromatic rings. The number of hydrogen-bond donors (Lipinski definition) is 2. The molecule has 0 unspecified atom stereocenters. The fraction of sp³-hybridized carbons (Fsp3) is 0.100. The van der Waals surface area contributed by atoms with Crippen LogP contribution in [0.2, 0.25) is 0 Å². The van der Waals surface area contributed by atoms with Gasteiger partial charge in [-0.25, -0.2) is 9.37 Å². The van der Waals surface area contributed by atoms with Crippen molar-refractivity contribution < 1.29 is 4.39 Å². The molecule has 0 atom stereocenters. The van der Waals surface area contributed by atoms with E-state index in [9.17, 15) is 4.39 Å². The van der Waals surface area contributed by atoms with Crippen molar-refractivity contribution in [2.75, 3.05) is 5.32 Å². The topological polar surface area (TPSA) is 50.9 Å². The van der Waals surface area contributed by atoms with E-state index in [-0.39, 0.29) is 5.82 Å². The van der Waals surface area contributed by atoms with Gasteiger partial charge in [-0.15, -0.1) is 11.3 Å². The predicted molar refractivity (Wildman–Crippen MR) is 59.7 cm³/mol. The zero-order valence-corrected chi connectivity index (χ0v) is 8.72. The fourth-order valence-electron chi connectivity index (χ4n) is 1.12. The van der Waals surface area contributed by atoms with Gasteiger partial charge in [-0.2, -0.15) is 0 Å². The van der Waals surface area contributed by atoms with Gasteiger partial charge in [0.1, 0.15) is 5.82 Å². The van der Waals surface area contributed by atoms with Crippen molar-refractivity contribution in [1.82, 2.24) is 4.98 Å². The van der Waals surface area contributed by atoms with Crippen LogP contribution in [0.4, 0.5) is 15.2 Å². The van der Waals surface area contributed by atoms with E-state index in [0.29, 0.717) is 6.54 Å². The van der Waals surface area contributed by atoms with Gasteiger partial charge in [0, 0.05) is 23.3 Å². The maximum Gasteiger partial charge on any atom is 0.187 e. The molecule has 0 saturated carbocycles. The first-order valence-electron chi connectivity index (χ1n) is 4.45. The van der Waals surface area contributed by atoms with Crippen LogP contribution in [0, 0.1) is 5.82 Å². The van der Waals surface area contributed by atoms with Gasteiger partial charge in [0.05, 0.1) is 0 Å². The van der Waals surface area contributed by atoms with E-state index in [1.807, 2.05) is 0 Å². The third kappa shape index (κ3) is 2.51. The summed E-state index contributed by atoms with van der Waals surface area (Å²) in [7, 11) is 0. The Hall–Kier alpha value is -1.46. The predicted octanol–water partition coefficient (Wildman–Crippen LogP) is 2.48. The Balaban J connectivity index is 2.11. The second-order valence-corrected chi connectivity index (χ2v) is 4.08. The molecule has 0 amide bonds. The first-order chi connectivity index (χ1) is 7.28. The van der Waals surface area contributed by atoms with Gasteiger partial charge in [-0.3, -0.25) is 0 Å². The lowest BCUT2D eigenvalue weighted by Gasteiger charge is -2.00. The molecule has 0 fully saturated rings. The number of nitrogens with zero attached hydrogens (tertiary/aromatic N) is 1. The zero-order valence-electron chi connectivity index (χ0n) is 7.90. The van der Waals surface area contributed by atoms with Crippen LogP contribution in [0.5, 0.6) is 0 Å². The Labute approximate surface area is 90.8 Å². The van der Waals surface area contributed by atoms with E-state index >= 15 is 0 Å². The summed E-state index contributed by atoms with van der Waals surface area (Å²) in [5.74, 6) is -0.248. The molecular weight excluding hydrogens is 213 g/mol. The van der Waals surface area contributed by atoms with Crippen molar-refractivity contribution in [3.63, 3.8) is 0 Å². The van der Waals surface area contributed by atoms with Crippen molar-refractivity contribution in [2.24, 2.45) is 5.73 Å². The lowest BCUT2D eigenvalue weighted by Crippen LogP contribution is -1.91. The Morgan fingerprint density at radius 2 is 2.07 bits per heavy atom. The molecule has 1 aromatic heterocycles. The zero-order chi connectivity index (χ0) is 10.7. The average molecular weight is 223 g/mol. The van der Waals surface area contributed by atoms with Crippen LogP contribution < -0.4 is 11.1 Å². The van der Waals surface area contributed by atoms with Crippen LogP contribution in [0.1, 0.15) is 4.88 Å². The average Bonchev–Trinajstić information content (AvgIpc) is 2.69. The molecule has 0 bridgehead atoms. The molecule has 2 rings (SSSR count). The van der Waals surface area contributed by atoms with E-state index in [1.54, 1.807) is 18.3 Å². The third-order valence-corrected chi connectivity index (χ3v) is 2.79. The minimum absolute atomic E-state index is 0.248. The van der Waals surface area contributed by atoms with E-state index in [2.05, 4.69) is 10.3 Å². The van der Waals surface area contributed by atoms with Gasteiger partial charge < -0.3 is 11.1 Å². The molecular formula is C10H10FN3S. The molecule has 0 aliphatic rings. The third-order valence-electron chi connectivity index (χ3n) is 1.85. The van der Waals surface area contributed by atoms with Gasteiger partial charge in [0.2, 0.25) is 0 Å². The van der Waals surface area contributed by atoms with E-state index in [0.717, 1.165) is 15.7 Å².